The SMILES string of the molecule is CC(N)CC(C)(C)C1CCC(C(C)(C)CC(C)N)[N+]1=[N-]. The van der Waals surface area contributed by atoms with Crippen molar-refractivity contribution in [2.45, 2.75) is 91.4 Å². The van der Waals surface area contributed by atoms with Crippen molar-refractivity contribution in [1.29, 1.82) is 0 Å². The van der Waals surface area contributed by atoms with E-state index in [0.717, 1.165) is 25.7 Å². The summed E-state index contributed by atoms with van der Waals surface area (Å²) in [5, 5.41) is 0. The van der Waals surface area contributed by atoms with Gasteiger partial charge in [0.05, 0.1) is 0 Å². The number of nitrogens with two attached hydrogens (primary N) is 2. The van der Waals surface area contributed by atoms with E-state index in [-0.39, 0.29) is 35.0 Å². The first kappa shape index (κ1) is 17.6. The molecular weight excluding hydrogens is 248 g/mol. The Morgan fingerprint density at radius 1 is 0.950 bits per heavy atom. The molecule has 20 heavy (non-hydrogen) atoms. The number of hydrogen-bond acceptors (Lipinski definition) is 2. The fraction of sp³-hybridized carbons (Fsp3) is 1.00. The van der Waals surface area contributed by atoms with Crippen molar-refractivity contribution in [3.8, 4) is 0 Å². The van der Waals surface area contributed by atoms with Crippen molar-refractivity contribution in [3.05, 3.63) is 5.53 Å². The summed E-state index contributed by atoms with van der Waals surface area (Å²) in [6.07, 6.45) is 3.91. The standard InChI is InChI=1S/C16H34N4/c1-11(17)9-15(3,4)13-7-8-14(20(13)19)16(5,6)10-12(2)18/h11-14H,7-10,17-18H2,1-6H3. The third-order valence-corrected chi connectivity index (χ3v) is 4.85. The van der Waals surface area contributed by atoms with Crippen LogP contribution in [-0.2, 0) is 0 Å². The van der Waals surface area contributed by atoms with Crippen LogP contribution in [0.3, 0.4) is 0 Å². The van der Waals surface area contributed by atoms with Crippen LogP contribution < -0.4 is 11.5 Å². The average Bonchev–Trinajstić information content (AvgIpc) is 2.56. The van der Waals surface area contributed by atoms with E-state index >= 15 is 0 Å². The third kappa shape index (κ3) is 4.01. The summed E-state index contributed by atoms with van der Waals surface area (Å²) in [5.41, 5.74) is 22.7. The molecule has 4 nitrogen and oxygen atoms in total. The lowest BCUT2D eigenvalue weighted by Crippen LogP contribution is -2.44. The fourth-order valence-electron chi connectivity index (χ4n) is 4.23. The van der Waals surface area contributed by atoms with Gasteiger partial charge in [0, 0.05) is 35.8 Å². The van der Waals surface area contributed by atoms with Gasteiger partial charge in [-0.15, -0.1) is 0 Å². The van der Waals surface area contributed by atoms with Crippen LogP contribution in [0.2, 0.25) is 0 Å². The van der Waals surface area contributed by atoms with Gasteiger partial charge in [-0.25, -0.2) is 0 Å². The smallest absolute Gasteiger partial charge is 0.146 e. The maximum absolute atomic E-state index is 10.7. The lowest BCUT2D eigenvalue weighted by Gasteiger charge is -2.36. The Balaban J connectivity index is 2.82. The van der Waals surface area contributed by atoms with E-state index in [2.05, 4.69) is 27.7 Å². The predicted octanol–water partition coefficient (Wildman–Crippen LogP) is 3.08. The molecule has 1 fully saturated rings. The van der Waals surface area contributed by atoms with Gasteiger partial charge in [-0.1, -0.05) is 27.7 Å². The highest BCUT2D eigenvalue weighted by molar-refractivity contribution is 4.91. The maximum Gasteiger partial charge on any atom is 0.146 e. The van der Waals surface area contributed by atoms with Gasteiger partial charge in [0.15, 0.2) is 0 Å². The molecule has 0 bridgehead atoms. The Morgan fingerprint density at radius 3 is 1.50 bits per heavy atom. The van der Waals surface area contributed by atoms with Crippen molar-refractivity contribution < 1.29 is 4.70 Å². The Labute approximate surface area is 124 Å². The average molecular weight is 282 g/mol. The molecule has 4 atom stereocenters. The lowest BCUT2D eigenvalue weighted by atomic mass is 9.78. The number of hydrogen-bond donors (Lipinski definition) is 2. The largest absolute Gasteiger partial charge is 0.506 e. The second-order valence-electron chi connectivity index (χ2n) is 8.33. The zero-order valence-corrected chi connectivity index (χ0v) is 14.2. The Kier molecular flexibility index (Phi) is 5.36. The third-order valence-electron chi connectivity index (χ3n) is 4.85. The first-order valence-electron chi connectivity index (χ1n) is 7.96. The number of nitrogens with zero attached hydrogens (tertiary/aromatic N) is 2. The summed E-state index contributed by atoms with van der Waals surface area (Å²) in [6, 6.07) is 0.695. The molecule has 1 rings (SSSR count). The molecule has 1 aliphatic rings. The van der Waals surface area contributed by atoms with E-state index in [0.29, 0.717) is 0 Å². The molecule has 4 heteroatoms. The summed E-state index contributed by atoms with van der Waals surface area (Å²) in [4.78, 5) is 0. The Bertz CT molecular complexity index is 312. The maximum atomic E-state index is 10.7. The molecule has 4 N–H and O–H groups in total. The molecule has 118 valence electrons. The highest BCUT2D eigenvalue weighted by atomic mass is 15.3. The highest BCUT2D eigenvalue weighted by Gasteiger charge is 2.49. The summed E-state index contributed by atoms with van der Waals surface area (Å²) < 4.78 is 1.62. The minimum atomic E-state index is 0.0298. The molecule has 0 aromatic heterocycles. The molecular formula is C16H34N4. The van der Waals surface area contributed by atoms with Crippen LogP contribution in [0.15, 0.2) is 0 Å². The molecule has 1 heterocycles. The van der Waals surface area contributed by atoms with E-state index in [1.54, 1.807) is 4.70 Å². The highest BCUT2D eigenvalue weighted by Crippen LogP contribution is 2.43. The van der Waals surface area contributed by atoms with Gasteiger partial charge in [0.25, 0.3) is 0 Å². The zero-order chi connectivity index (χ0) is 15.7. The van der Waals surface area contributed by atoms with Crippen molar-refractivity contribution in [3.63, 3.8) is 0 Å². The zero-order valence-electron chi connectivity index (χ0n) is 14.2. The second-order valence-corrected chi connectivity index (χ2v) is 8.33. The van der Waals surface area contributed by atoms with E-state index in [1.165, 1.54) is 0 Å². The molecule has 0 radical (unpaired) electrons. The quantitative estimate of drug-likeness (QED) is 0.734. The topological polar surface area (TPSA) is 77.3 Å². The second kappa shape index (κ2) is 6.10. The lowest BCUT2D eigenvalue weighted by molar-refractivity contribution is -0.625. The number of rotatable bonds is 6. The molecule has 0 aliphatic carbocycles. The van der Waals surface area contributed by atoms with Gasteiger partial charge >= 0.3 is 0 Å². The first-order chi connectivity index (χ1) is 8.97. The van der Waals surface area contributed by atoms with Crippen LogP contribution in [0.4, 0.5) is 0 Å². The molecule has 0 saturated carbocycles. The molecule has 1 saturated heterocycles. The normalized spacial score (nSPS) is 27.7. The van der Waals surface area contributed by atoms with Crippen molar-refractivity contribution >= 4 is 0 Å². The van der Waals surface area contributed by atoms with Crippen LogP contribution in [0.1, 0.15) is 67.2 Å². The minimum absolute atomic E-state index is 0.0298. The van der Waals surface area contributed by atoms with Gasteiger partial charge in [0.2, 0.25) is 0 Å². The van der Waals surface area contributed by atoms with E-state index < -0.39 is 0 Å². The van der Waals surface area contributed by atoms with Gasteiger partial charge < -0.3 is 21.7 Å². The van der Waals surface area contributed by atoms with E-state index in [9.17, 15) is 5.53 Å². The van der Waals surface area contributed by atoms with Crippen LogP contribution in [0.25, 0.3) is 5.53 Å². The summed E-state index contributed by atoms with van der Waals surface area (Å²) in [7, 11) is 0. The summed E-state index contributed by atoms with van der Waals surface area (Å²) in [5.74, 6) is 0. The van der Waals surface area contributed by atoms with Crippen LogP contribution >= 0.6 is 0 Å². The van der Waals surface area contributed by atoms with Crippen molar-refractivity contribution in [2.24, 2.45) is 22.3 Å². The molecule has 0 aromatic carbocycles. The Morgan fingerprint density at radius 2 is 1.25 bits per heavy atom. The van der Waals surface area contributed by atoms with E-state index in [4.69, 9.17) is 11.5 Å². The van der Waals surface area contributed by atoms with Gasteiger partial charge in [0.1, 0.15) is 12.1 Å². The van der Waals surface area contributed by atoms with Crippen LogP contribution in [0, 0.1) is 10.8 Å². The minimum Gasteiger partial charge on any atom is -0.506 e. The molecule has 0 amide bonds. The summed E-state index contributed by atoms with van der Waals surface area (Å²) >= 11 is 0. The Hall–Kier alpha value is -0.480. The fourth-order valence-corrected chi connectivity index (χ4v) is 4.23. The molecule has 0 spiro atoms. The van der Waals surface area contributed by atoms with Gasteiger partial charge in [-0.05, 0) is 26.7 Å². The van der Waals surface area contributed by atoms with Crippen LogP contribution in [-0.4, -0.2) is 28.9 Å². The van der Waals surface area contributed by atoms with Gasteiger partial charge in [-0.3, -0.25) is 0 Å². The van der Waals surface area contributed by atoms with Crippen LogP contribution in [0.5, 0.6) is 0 Å². The summed E-state index contributed by atoms with van der Waals surface area (Å²) in [6.45, 7) is 12.9. The van der Waals surface area contributed by atoms with E-state index in [1.807, 2.05) is 13.8 Å². The molecule has 0 aromatic rings. The monoisotopic (exact) mass is 282 g/mol. The van der Waals surface area contributed by atoms with Crippen molar-refractivity contribution in [2.75, 3.05) is 0 Å². The molecule has 4 unspecified atom stereocenters. The van der Waals surface area contributed by atoms with Crippen molar-refractivity contribution in [1.82, 2.24) is 0 Å². The van der Waals surface area contributed by atoms with Gasteiger partial charge in [-0.2, -0.15) is 0 Å². The first-order valence-corrected chi connectivity index (χ1v) is 7.96. The predicted molar refractivity (Wildman–Crippen MR) is 84.5 cm³/mol. The molecule has 1 aliphatic heterocycles.